The first kappa shape index (κ1) is 11.9. The number of hydrogen-bond acceptors (Lipinski definition) is 1. The smallest absolute Gasteiger partial charge is 0.192 e. The molecule has 0 unspecified atom stereocenters. The third-order valence-electron chi connectivity index (χ3n) is 2.02. The molecule has 0 saturated carbocycles. The first-order valence-corrected chi connectivity index (χ1v) is 4.58. The maximum atomic E-state index is 12.7. The molecule has 0 aliphatic heterocycles. The van der Waals surface area contributed by atoms with Crippen LogP contribution in [0.5, 0.6) is 0 Å². The molecule has 1 aromatic rings. The minimum atomic E-state index is -4.54. The first-order chi connectivity index (χ1) is 6.91. The van der Waals surface area contributed by atoms with Gasteiger partial charge in [0, 0.05) is 0 Å². The monoisotopic (exact) mass is 233 g/mol. The molecule has 0 fully saturated rings. The van der Waals surface area contributed by atoms with Gasteiger partial charge in [0.05, 0.1) is 16.1 Å². The van der Waals surface area contributed by atoms with Gasteiger partial charge in [-0.2, -0.15) is 18.4 Å². The minimum absolute atomic E-state index is 0.0865. The van der Waals surface area contributed by atoms with E-state index in [1.165, 1.54) is 18.2 Å². The third kappa shape index (κ3) is 2.24. The van der Waals surface area contributed by atoms with E-state index >= 15 is 0 Å². The van der Waals surface area contributed by atoms with Crippen LogP contribution in [0.15, 0.2) is 12.1 Å². The molecule has 1 nitrogen and oxygen atoms in total. The second-order valence-electron chi connectivity index (χ2n) is 2.92. The van der Waals surface area contributed by atoms with Crippen molar-refractivity contribution >= 4 is 11.6 Å². The van der Waals surface area contributed by atoms with Crippen LogP contribution in [0.1, 0.15) is 23.6 Å². The Kier molecular flexibility index (Phi) is 3.25. The van der Waals surface area contributed by atoms with Crippen molar-refractivity contribution in [1.29, 1.82) is 5.26 Å². The normalized spacial score (nSPS) is 11.2. The Labute approximate surface area is 90.1 Å². The summed E-state index contributed by atoms with van der Waals surface area (Å²) in [5.74, 6) is 0. The van der Waals surface area contributed by atoms with Gasteiger partial charge < -0.3 is 0 Å². The molecule has 0 bridgehead atoms. The zero-order valence-electron chi connectivity index (χ0n) is 7.82. The molecule has 0 aliphatic carbocycles. The van der Waals surface area contributed by atoms with E-state index in [-0.39, 0.29) is 17.0 Å². The Hall–Kier alpha value is -1.21. The SMILES string of the molecule is CCc1ccc(Cl)c(C#N)c1C(F)(F)F. The van der Waals surface area contributed by atoms with Crippen molar-refractivity contribution in [2.24, 2.45) is 0 Å². The Morgan fingerprint density at radius 2 is 2.00 bits per heavy atom. The highest BCUT2D eigenvalue weighted by Crippen LogP contribution is 2.37. The highest BCUT2D eigenvalue weighted by molar-refractivity contribution is 6.31. The van der Waals surface area contributed by atoms with E-state index in [1.54, 1.807) is 6.92 Å². The van der Waals surface area contributed by atoms with Crippen LogP contribution in [0.3, 0.4) is 0 Å². The molecule has 0 N–H and O–H groups in total. The maximum absolute atomic E-state index is 12.7. The quantitative estimate of drug-likeness (QED) is 0.724. The average molecular weight is 234 g/mol. The molecular weight excluding hydrogens is 227 g/mol. The summed E-state index contributed by atoms with van der Waals surface area (Å²) in [5, 5.41) is 8.48. The molecule has 80 valence electrons. The van der Waals surface area contributed by atoms with Crippen LogP contribution in [0, 0.1) is 11.3 Å². The molecule has 0 spiro atoms. The zero-order valence-corrected chi connectivity index (χ0v) is 8.58. The van der Waals surface area contributed by atoms with Gasteiger partial charge >= 0.3 is 6.18 Å². The highest BCUT2D eigenvalue weighted by Gasteiger charge is 2.36. The lowest BCUT2D eigenvalue weighted by atomic mass is 9.99. The van der Waals surface area contributed by atoms with Crippen LogP contribution in [0.2, 0.25) is 5.02 Å². The summed E-state index contributed by atoms with van der Waals surface area (Å²) in [6, 6.07) is 4.10. The molecule has 15 heavy (non-hydrogen) atoms. The summed E-state index contributed by atoms with van der Waals surface area (Å²) >= 11 is 5.54. The summed E-state index contributed by atoms with van der Waals surface area (Å²) < 4.78 is 38.0. The predicted octanol–water partition coefficient (Wildman–Crippen LogP) is 3.79. The van der Waals surface area contributed by atoms with Crippen molar-refractivity contribution in [1.82, 2.24) is 0 Å². The lowest BCUT2D eigenvalue weighted by molar-refractivity contribution is -0.138. The Balaban J connectivity index is 3.57. The van der Waals surface area contributed by atoms with E-state index < -0.39 is 17.3 Å². The maximum Gasteiger partial charge on any atom is 0.418 e. The number of alkyl halides is 3. The van der Waals surface area contributed by atoms with Gasteiger partial charge in [-0.15, -0.1) is 0 Å². The number of benzene rings is 1. The molecule has 1 aromatic carbocycles. The summed E-state index contributed by atoms with van der Waals surface area (Å²) in [6.07, 6.45) is -4.33. The van der Waals surface area contributed by atoms with Crippen molar-refractivity contribution in [2.45, 2.75) is 19.5 Å². The number of nitrogens with zero attached hydrogens (tertiary/aromatic N) is 1. The fourth-order valence-electron chi connectivity index (χ4n) is 1.35. The lowest BCUT2D eigenvalue weighted by Gasteiger charge is -2.14. The molecular formula is C10H7ClF3N. The minimum Gasteiger partial charge on any atom is -0.192 e. The van der Waals surface area contributed by atoms with E-state index in [2.05, 4.69) is 0 Å². The number of aryl methyl sites for hydroxylation is 1. The van der Waals surface area contributed by atoms with Crippen LogP contribution in [-0.4, -0.2) is 0 Å². The fraction of sp³-hybridized carbons (Fsp3) is 0.300. The molecule has 0 saturated heterocycles. The zero-order chi connectivity index (χ0) is 11.6. The third-order valence-corrected chi connectivity index (χ3v) is 2.33. The van der Waals surface area contributed by atoms with Crippen LogP contribution >= 0.6 is 11.6 Å². The van der Waals surface area contributed by atoms with E-state index in [4.69, 9.17) is 16.9 Å². The van der Waals surface area contributed by atoms with Gasteiger partial charge in [-0.25, -0.2) is 0 Å². The molecule has 0 radical (unpaired) electrons. The van der Waals surface area contributed by atoms with Gasteiger partial charge in [0.25, 0.3) is 0 Å². The van der Waals surface area contributed by atoms with Gasteiger partial charge in [-0.1, -0.05) is 24.6 Å². The van der Waals surface area contributed by atoms with Crippen molar-refractivity contribution in [2.75, 3.05) is 0 Å². The standard InChI is InChI=1S/C10H7ClF3N/c1-2-6-3-4-8(11)7(5-15)9(6)10(12,13)14/h3-4H,2H2,1H3. The Morgan fingerprint density at radius 1 is 1.40 bits per heavy atom. The highest BCUT2D eigenvalue weighted by atomic mass is 35.5. The molecule has 0 aliphatic rings. The summed E-state index contributed by atoms with van der Waals surface area (Å²) in [7, 11) is 0. The van der Waals surface area contributed by atoms with Crippen molar-refractivity contribution in [3.63, 3.8) is 0 Å². The van der Waals surface area contributed by atoms with Crippen LogP contribution < -0.4 is 0 Å². The fourth-order valence-corrected chi connectivity index (χ4v) is 1.55. The van der Waals surface area contributed by atoms with Gasteiger partial charge in [-0.3, -0.25) is 0 Å². The molecule has 0 aromatic heterocycles. The number of hydrogen-bond donors (Lipinski definition) is 0. The summed E-state index contributed by atoms with van der Waals surface area (Å²) in [5.41, 5.74) is -1.33. The number of rotatable bonds is 1. The van der Waals surface area contributed by atoms with Gasteiger partial charge in [0.15, 0.2) is 0 Å². The van der Waals surface area contributed by atoms with E-state index in [0.717, 1.165) is 0 Å². The van der Waals surface area contributed by atoms with E-state index in [1.807, 2.05) is 0 Å². The van der Waals surface area contributed by atoms with Gasteiger partial charge in [0.1, 0.15) is 6.07 Å². The molecule has 0 atom stereocenters. The lowest BCUT2D eigenvalue weighted by Crippen LogP contribution is -2.12. The molecule has 1 rings (SSSR count). The Bertz CT molecular complexity index is 418. The van der Waals surface area contributed by atoms with Crippen LogP contribution in [0.25, 0.3) is 0 Å². The van der Waals surface area contributed by atoms with Crippen LogP contribution in [-0.2, 0) is 12.6 Å². The van der Waals surface area contributed by atoms with Crippen LogP contribution in [0.4, 0.5) is 13.2 Å². The second kappa shape index (κ2) is 4.11. The summed E-state index contributed by atoms with van der Waals surface area (Å²) in [4.78, 5) is 0. The predicted molar refractivity (Wildman–Crippen MR) is 50.5 cm³/mol. The number of halogens is 4. The molecule has 0 amide bonds. The van der Waals surface area contributed by atoms with Crippen molar-refractivity contribution < 1.29 is 13.2 Å². The average Bonchev–Trinajstić information content (AvgIpc) is 2.15. The molecule has 5 heteroatoms. The largest absolute Gasteiger partial charge is 0.418 e. The topological polar surface area (TPSA) is 23.8 Å². The first-order valence-electron chi connectivity index (χ1n) is 4.20. The Morgan fingerprint density at radius 3 is 2.40 bits per heavy atom. The number of nitriles is 1. The van der Waals surface area contributed by atoms with E-state index in [9.17, 15) is 13.2 Å². The van der Waals surface area contributed by atoms with Gasteiger partial charge in [0.2, 0.25) is 0 Å². The second-order valence-corrected chi connectivity index (χ2v) is 3.33. The summed E-state index contributed by atoms with van der Waals surface area (Å²) in [6.45, 7) is 1.60. The van der Waals surface area contributed by atoms with Gasteiger partial charge in [-0.05, 0) is 18.1 Å². The van der Waals surface area contributed by atoms with E-state index in [0.29, 0.717) is 0 Å². The van der Waals surface area contributed by atoms with Crippen molar-refractivity contribution in [3.05, 3.63) is 33.8 Å². The van der Waals surface area contributed by atoms with Crippen molar-refractivity contribution in [3.8, 4) is 6.07 Å². The molecule has 0 heterocycles.